The number of nitrogens with zero attached hydrogens (tertiary/aromatic N) is 1. The summed E-state index contributed by atoms with van der Waals surface area (Å²) in [6.45, 7) is 3.83. The molecule has 92 valence electrons. The molecule has 17 heavy (non-hydrogen) atoms. The van der Waals surface area contributed by atoms with Gasteiger partial charge in [0, 0.05) is 12.1 Å². The summed E-state index contributed by atoms with van der Waals surface area (Å²) in [5.74, 6) is 0.264. The molecule has 3 unspecified atom stereocenters. The van der Waals surface area contributed by atoms with Crippen LogP contribution in [-0.2, 0) is 4.79 Å². The van der Waals surface area contributed by atoms with Crippen LogP contribution in [0.5, 0.6) is 0 Å². The van der Waals surface area contributed by atoms with Gasteiger partial charge in [-0.1, -0.05) is 0 Å². The molecule has 0 spiro atoms. The molecule has 3 N–H and O–H groups in total. The molecule has 3 rings (SSSR count). The molecule has 2 fully saturated rings. The minimum Gasteiger partial charge on any atom is -0.323 e. The predicted molar refractivity (Wildman–Crippen MR) is 64.7 cm³/mol. The highest BCUT2D eigenvalue weighted by Gasteiger charge is 2.42. The fraction of sp³-hybridized carbons (Fsp3) is 0.667. The largest absolute Gasteiger partial charge is 0.323 e. The topological polar surface area (TPSA) is 69.8 Å². The van der Waals surface area contributed by atoms with Crippen LogP contribution in [0.3, 0.4) is 0 Å². The van der Waals surface area contributed by atoms with E-state index in [0.29, 0.717) is 12.1 Å². The van der Waals surface area contributed by atoms with Crippen molar-refractivity contribution in [2.75, 3.05) is 5.32 Å². The minimum absolute atomic E-state index is 0.127. The molecule has 1 amide bonds. The van der Waals surface area contributed by atoms with Gasteiger partial charge in [0.2, 0.25) is 5.91 Å². The van der Waals surface area contributed by atoms with Gasteiger partial charge in [-0.15, -0.1) is 0 Å². The Bertz CT molecular complexity index is 434. The van der Waals surface area contributed by atoms with E-state index in [2.05, 4.69) is 20.8 Å². The van der Waals surface area contributed by atoms with Crippen LogP contribution in [0.1, 0.15) is 30.7 Å². The zero-order valence-corrected chi connectivity index (χ0v) is 10.2. The lowest BCUT2D eigenvalue weighted by Gasteiger charge is -2.19. The number of fused-ring (bicyclic) bond motifs is 2. The average molecular weight is 234 g/mol. The molecular formula is C12H18N4O. The third-order valence-electron chi connectivity index (χ3n) is 4.01. The SMILES string of the molecule is Cc1n[nH]c(C)c1NC(=O)C1CC2CCC1N2. The number of H-pyrrole nitrogens is 1. The maximum absolute atomic E-state index is 12.2. The monoisotopic (exact) mass is 234 g/mol. The van der Waals surface area contributed by atoms with Crippen molar-refractivity contribution in [2.45, 2.75) is 45.2 Å². The Morgan fingerprint density at radius 1 is 1.41 bits per heavy atom. The van der Waals surface area contributed by atoms with Crippen LogP contribution in [0, 0.1) is 19.8 Å². The molecule has 1 aromatic heterocycles. The van der Waals surface area contributed by atoms with E-state index in [1.54, 1.807) is 0 Å². The second-order valence-corrected chi connectivity index (χ2v) is 5.19. The molecule has 3 atom stereocenters. The van der Waals surface area contributed by atoms with Crippen LogP contribution in [-0.4, -0.2) is 28.2 Å². The summed E-state index contributed by atoms with van der Waals surface area (Å²) in [6.07, 6.45) is 3.33. The highest BCUT2D eigenvalue weighted by Crippen LogP contribution is 2.34. The molecule has 0 aliphatic carbocycles. The minimum atomic E-state index is 0.127. The van der Waals surface area contributed by atoms with Crippen LogP contribution >= 0.6 is 0 Å². The lowest BCUT2D eigenvalue weighted by atomic mass is 9.88. The second-order valence-electron chi connectivity index (χ2n) is 5.19. The molecule has 5 heteroatoms. The number of hydrogen-bond donors (Lipinski definition) is 3. The highest BCUT2D eigenvalue weighted by molar-refractivity contribution is 5.94. The Morgan fingerprint density at radius 3 is 2.76 bits per heavy atom. The Kier molecular flexibility index (Phi) is 2.43. The van der Waals surface area contributed by atoms with E-state index in [9.17, 15) is 4.79 Å². The fourth-order valence-corrected chi connectivity index (χ4v) is 3.06. The molecular weight excluding hydrogens is 216 g/mol. The Morgan fingerprint density at radius 2 is 2.24 bits per heavy atom. The molecule has 2 bridgehead atoms. The van der Waals surface area contributed by atoms with Crippen LogP contribution in [0.2, 0.25) is 0 Å². The molecule has 3 heterocycles. The number of carbonyl (C=O) groups excluding carboxylic acids is 1. The van der Waals surface area contributed by atoms with Gasteiger partial charge in [-0.05, 0) is 33.1 Å². The smallest absolute Gasteiger partial charge is 0.229 e. The second kappa shape index (κ2) is 3.84. The number of hydrogen-bond acceptors (Lipinski definition) is 3. The first kappa shape index (κ1) is 10.8. The van der Waals surface area contributed by atoms with E-state index in [4.69, 9.17) is 0 Å². The number of aromatic nitrogens is 2. The van der Waals surface area contributed by atoms with Crippen LogP contribution < -0.4 is 10.6 Å². The van der Waals surface area contributed by atoms with Gasteiger partial charge in [0.05, 0.1) is 23.0 Å². The lowest BCUT2D eigenvalue weighted by molar-refractivity contribution is -0.120. The Balaban J connectivity index is 1.72. The number of rotatable bonds is 2. The van der Waals surface area contributed by atoms with Gasteiger partial charge in [-0.3, -0.25) is 9.89 Å². The molecule has 0 aromatic carbocycles. The Labute approximate surface area is 100 Å². The van der Waals surface area contributed by atoms with E-state index in [0.717, 1.165) is 29.9 Å². The van der Waals surface area contributed by atoms with Crippen molar-refractivity contribution in [3.63, 3.8) is 0 Å². The molecule has 2 aliphatic rings. The van der Waals surface area contributed by atoms with E-state index >= 15 is 0 Å². The third kappa shape index (κ3) is 1.74. The van der Waals surface area contributed by atoms with Crippen LogP contribution in [0.15, 0.2) is 0 Å². The van der Waals surface area contributed by atoms with Gasteiger partial charge in [-0.25, -0.2) is 0 Å². The summed E-state index contributed by atoms with van der Waals surface area (Å²) >= 11 is 0. The van der Waals surface area contributed by atoms with Crippen molar-refractivity contribution in [1.82, 2.24) is 15.5 Å². The van der Waals surface area contributed by atoms with Gasteiger partial charge in [0.15, 0.2) is 0 Å². The first-order valence-electron chi connectivity index (χ1n) is 6.23. The number of amides is 1. The predicted octanol–water partition coefficient (Wildman–Crippen LogP) is 1.11. The number of aryl methyl sites for hydroxylation is 2. The molecule has 5 nitrogen and oxygen atoms in total. The van der Waals surface area contributed by atoms with Crippen molar-refractivity contribution in [3.05, 3.63) is 11.4 Å². The van der Waals surface area contributed by atoms with Gasteiger partial charge in [0.1, 0.15) is 0 Å². The zero-order chi connectivity index (χ0) is 12.0. The maximum Gasteiger partial charge on any atom is 0.229 e. The average Bonchev–Trinajstić information content (AvgIpc) is 2.99. The molecule has 2 aliphatic heterocycles. The van der Waals surface area contributed by atoms with Crippen molar-refractivity contribution in [3.8, 4) is 0 Å². The lowest BCUT2D eigenvalue weighted by Crippen LogP contribution is -2.33. The van der Waals surface area contributed by atoms with Gasteiger partial charge >= 0.3 is 0 Å². The number of aromatic amines is 1. The van der Waals surface area contributed by atoms with Gasteiger partial charge in [-0.2, -0.15) is 5.10 Å². The Hall–Kier alpha value is -1.36. The van der Waals surface area contributed by atoms with Crippen molar-refractivity contribution >= 4 is 11.6 Å². The highest BCUT2D eigenvalue weighted by atomic mass is 16.2. The quantitative estimate of drug-likeness (QED) is 0.718. The molecule has 0 radical (unpaired) electrons. The normalized spacial score (nSPS) is 30.8. The summed E-state index contributed by atoms with van der Waals surface area (Å²) in [6, 6.07) is 0.940. The first-order valence-corrected chi connectivity index (χ1v) is 6.23. The van der Waals surface area contributed by atoms with E-state index in [1.807, 2.05) is 13.8 Å². The summed E-state index contributed by atoms with van der Waals surface area (Å²) in [5.41, 5.74) is 2.62. The van der Waals surface area contributed by atoms with Gasteiger partial charge < -0.3 is 10.6 Å². The van der Waals surface area contributed by atoms with Crippen molar-refractivity contribution in [2.24, 2.45) is 5.92 Å². The standard InChI is InChI=1S/C12H18N4O/c1-6-11(7(2)16-15-6)14-12(17)9-5-8-3-4-10(9)13-8/h8-10,13H,3-5H2,1-2H3,(H,14,17)(H,15,16). The van der Waals surface area contributed by atoms with E-state index < -0.39 is 0 Å². The summed E-state index contributed by atoms with van der Waals surface area (Å²) in [7, 11) is 0. The molecule has 0 saturated carbocycles. The number of carbonyl (C=O) groups is 1. The summed E-state index contributed by atoms with van der Waals surface area (Å²) in [5, 5.41) is 13.5. The molecule has 2 saturated heterocycles. The van der Waals surface area contributed by atoms with Crippen LogP contribution in [0.4, 0.5) is 5.69 Å². The van der Waals surface area contributed by atoms with Crippen molar-refractivity contribution < 1.29 is 4.79 Å². The summed E-state index contributed by atoms with van der Waals surface area (Å²) < 4.78 is 0. The number of nitrogens with one attached hydrogen (secondary N) is 3. The first-order chi connectivity index (χ1) is 8.15. The van der Waals surface area contributed by atoms with Crippen molar-refractivity contribution in [1.29, 1.82) is 0 Å². The van der Waals surface area contributed by atoms with Gasteiger partial charge in [0.25, 0.3) is 0 Å². The van der Waals surface area contributed by atoms with E-state index in [-0.39, 0.29) is 11.8 Å². The van der Waals surface area contributed by atoms with Crippen LogP contribution in [0.25, 0.3) is 0 Å². The fourth-order valence-electron chi connectivity index (χ4n) is 3.06. The summed E-state index contributed by atoms with van der Waals surface area (Å²) in [4.78, 5) is 12.2. The molecule has 1 aromatic rings. The van der Waals surface area contributed by atoms with E-state index in [1.165, 1.54) is 6.42 Å². The number of anilines is 1. The maximum atomic E-state index is 12.2. The third-order valence-corrected chi connectivity index (χ3v) is 4.01. The zero-order valence-electron chi connectivity index (χ0n) is 10.2.